The van der Waals surface area contributed by atoms with Crippen LogP contribution in [0.25, 0.3) is 0 Å². The van der Waals surface area contributed by atoms with Gasteiger partial charge in [-0.3, -0.25) is 14.2 Å². The van der Waals surface area contributed by atoms with E-state index < -0.39 is 20.0 Å². The lowest BCUT2D eigenvalue weighted by atomic mass is 10.0. The first-order chi connectivity index (χ1) is 35.4. The standard InChI is InChI=1S/C63H125N2O7P/c1-7-10-13-16-19-22-25-28-30-31-32-33-35-38-41-44-47-50-53-56-63(67)72-61(54-51-48-45-42-39-36-27-24-21-18-15-12-9-3)60(59-71-73(68,69)70-58-57-65(4,5)6)64-62(66)55-52-49-46-43-40-37-34-29-26-23-20-17-14-11-8-2/h51,54,60-61H,7-50,52-53,55-59H2,1-6H3,(H-,64,66,68,69)/b54-51+. The summed E-state index contributed by atoms with van der Waals surface area (Å²) in [6, 6.07) is -0.879. The van der Waals surface area contributed by atoms with Crippen LogP contribution >= 0.6 is 7.82 Å². The van der Waals surface area contributed by atoms with Crippen LogP contribution in [-0.2, 0) is 27.9 Å². The highest BCUT2D eigenvalue weighted by molar-refractivity contribution is 7.45. The first-order valence-corrected chi connectivity index (χ1v) is 33.5. The minimum atomic E-state index is -4.69. The molecule has 0 rings (SSSR count). The van der Waals surface area contributed by atoms with Gasteiger partial charge in [0.1, 0.15) is 19.3 Å². The molecule has 0 spiro atoms. The number of unbranched alkanes of at least 4 members (excludes halogenated alkanes) is 43. The Hall–Kier alpha value is -1.25. The molecule has 0 radical (unpaired) electrons. The molecule has 73 heavy (non-hydrogen) atoms. The Balaban J connectivity index is 5.21. The van der Waals surface area contributed by atoms with E-state index in [-0.39, 0.29) is 31.5 Å². The molecule has 0 bridgehead atoms. The number of hydrogen-bond donors (Lipinski definition) is 1. The average Bonchev–Trinajstić information content (AvgIpc) is 3.35. The summed E-state index contributed by atoms with van der Waals surface area (Å²) < 4.78 is 30.4. The number of likely N-dealkylation sites (N-methyl/N-ethyl adjacent to an activating group) is 1. The van der Waals surface area contributed by atoms with Crippen molar-refractivity contribution in [1.82, 2.24) is 5.32 Å². The van der Waals surface area contributed by atoms with Gasteiger partial charge >= 0.3 is 5.97 Å². The second-order valence-electron chi connectivity index (χ2n) is 23.3. The van der Waals surface area contributed by atoms with Gasteiger partial charge < -0.3 is 28.5 Å². The van der Waals surface area contributed by atoms with Gasteiger partial charge in [-0.05, 0) is 31.8 Å². The normalized spacial score (nSPS) is 13.7. The number of quaternary nitrogens is 1. The zero-order chi connectivity index (χ0) is 53.6. The first-order valence-electron chi connectivity index (χ1n) is 32.0. The maximum absolute atomic E-state index is 13.5. The number of phosphoric ester groups is 1. The third-order valence-corrected chi connectivity index (χ3v) is 15.7. The van der Waals surface area contributed by atoms with E-state index in [0.29, 0.717) is 17.4 Å². The first kappa shape index (κ1) is 71.8. The lowest BCUT2D eigenvalue weighted by Crippen LogP contribution is -2.47. The molecule has 0 saturated heterocycles. The summed E-state index contributed by atoms with van der Waals surface area (Å²) in [6.07, 6.45) is 61.7. The number of rotatable bonds is 59. The quantitative estimate of drug-likeness (QED) is 0.0212. The number of phosphoric acid groups is 1. The number of amides is 1. The predicted octanol–water partition coefficient (Wildman–Crippen LogP) is 18.9. The molecule has 0 aliphatic rings. The van der Waals surface area contributed by atoms with E-state index >= 15 is 0 Å². The molecule has 1 amide bonds. The molecule has 9 nitrogen and oxygen atoms in total. The zero-order valence-electron chi connectivity index (χ0n) is 49.6. The minimum Gasteiger partial charge on any atom is -0.756 e. The molecule has 3 unspecified atom stereocenters. The highest BCUT2D eigenvalue weighted by atomic mass is 31.2. The second-order valence-corrected chi connectivity index (χ2v) is 24.7. The van der Waals surface area contributed by atoms with Crippen LogP contribution in [0.15, 0.2) is 12.2 Å². The van der Waals surface area contributed by atoms with Gasteiger partial charge in [0.25, 0.3) is 7.82 Å². The summed E-state index contributed by atoms with van der Waals surface area (Å²) in [4.78, 5) is 40.0. The van der Waals surface area contributed by atoms with Crippen molar-refractivity contribution in [2.75, 3.05) is 40.9 Å². The van der Waals surface area contributed by atoms with E-state index in [1.165, 1.54) is 238 Å². The van der Waals surface area contributed by atoms with Crippen molar-refractivity contribution < 1.29 is 37.3 Å². The molecule has 0 aliphatic heterocycles. The number of carbonyl (C=O) groups excluding carboxylic acids is 2. The molecule has 0 fully saturated rings. The van der Waals surface area contributed by atoms with Crippen LogP contribution in [0.4, 0.5) is 0 Å². The van der Waals surface area contributed by atoms with Gasteiger partial charge in [0.05, 0.1) is 33.8 Å². The Morgan fingerprint density at radius 3 is 1.12 bits per heavy atom. The fraction of sp³-hybridized carbons (Fsp3) is 0.937. The van der Waals surface area contributed by atoms with Crippen LogP contribution in [-0.4, -0.2) is 69.4 Å². The van der Waals surface area contributed by atoms with E-state index in [1.807, 2.05) is 33.3 Å². The molecule has 0 aliphatic carbocycles. The fourth-order valence-electron chi connectivity index (χ4n) is 9.76. The van der Waals surface area contributed by atoms with E-state index in [1.54, 1.807) is 0 Å². The topological polar surface area (TPSA) is 114 Å². The monoisotopic (exact) mass is 1050 g/mol. The van der Waals surface area contributed by atoms with Crippen molar-refractivity contribution in [3.63, 3.8) is 0 Å². The van der Waals surface area contributed by atoms with Gasteiger partial charge in [-0.2, -0.15) is 0 Å². The summed E-state index contributed by atoms with van der Waals surface area (Å²) >= 11 is 0. The molecule has 0 aromatic rings. The summed E-state index contributed by atoms with van der Waals surface area (Å²) in [5.41, 5.74) is 0. The number of nitrogens with one attached hydrogen (secondary N) is 1. The molecule has 0 aromatic heterocycles. The van der Waals surface area contributed by atoms with Crippen LogP contribution in [0.2, 0.25) is 0 Å². The fourth-order valence-corrected chi connectivity index (χ4v) is 10.5. The molecule has 0 heterocycles. The van der Waals surface area contributed by atoms with E-state index in [9.17, 15) is 19.0 Å². The lowest BCUT2D eigenvalue weighted by molar-refractivity contribution is -0.870. The van der Waals surface area contributed by atoms with Gasteiger partial charge in [-0.25, -0.2) is 0 Å². The Morgan fingerprint density at radius 1 is 0.466 bits per heavy atom. The lowest BCUT2D eigenvalue weighted by Gasteiger charge is -2.30. The van der Waals surface area contributed by atoms with Crippen molar-refractivity contribution in [2.45, 2.75) is 341 Å². The number of nitrogens with zero attached hydrogens (tertiary/aromatic N) is 1. The van der Waals surface area contributed by atoms with Crippen LogP contribution < -0.4 is 10.2 Å². The summed E-state index contributed by atoms with van der Waals surface area (Å²) in [6.45, 7) is 6.90. The van der Waals surface area contributed by atoms with Crippen molar-refractivity contribution in [2.24, 2.45) is 0 Å². The second kappa shape index (κ2) is 54.1. The van der Waals surface area contributed by atoms with Crippen LogP contribution in [0, 0.1) is 0 Å². The van der Waals surface area contributed by atoms with Crippen LogP contribution in [0.1, 0.15) is 329 Å². The third-order valence-electron chi connectivity index (χ3n) is 14.7. The number of esters is 1. The van der Waals surface area contributed by atoms with Gasteiger partial charge in [0.15, 0.2) is 0 Å². The maximum Gasteiger partial charge on any atom is 0.306 e. The van der Waals surface area contributed by atoms with Gasteiger partial charge in [0.2, 0.25) is 5.91 Å². The summed E-state index contributed by atoms with van der Waals surface area (Å²) in [5.74, 6) is -0.518. The van der Waals surface area contributed by atoms with Gasteiger partial charge in [-0.15, -0.1) is 0 Å². The number of allylic oxidation sites excluding steroid dienone is 1. The van der Waals surface area contributed by atoms with Crippen molar-refractivity contribution in [3.8, 4) is 0 Å². The van der Waals surface area contributed by atoms with Gasteiger partial charge in [-0.1, -0.05) is 297 Å². The van der Waals surface area contributed by atoms with E-state index in [4.69, 9.17) is 13.8 Å². The molecule has 3 atom stereocenters. The molecule has 434 valence electrons. The van der Waals surface area contributed by atoms with E-state index in [2.05, 4.69) is 26.1 Å². The van der Waals surface area contributed by atoms with Crippen molar-refractivity contribution >= 4 is 19.7 Å². The smallest absolute Gasteiger partial charge is 0.306 e. The number of hydrogen-bond acceptors (Lipinski definition) is 7. The highest BCUT2D eigenvalue weighted by Gasteiger charge is 2.27. The molecule has 10 heteroatoms. The van der Waals surface area contributed by atoms with Crippen LogP contribution in [0.3, 0.4) is 0 Å². The Labute approximate surface area is 454 Å². The summed E-state index contributed by atoms with van der Waals surface area (Å²) in [5, 5.41) is 3.04. The molecule has 0 aromatic carbocycles. The number of carbonyl (C=O) groups is 2. The molecular weight excluding hydrogens is 928 g/mol. The third kappa shape index (κ3) is 55.3. The Kier molecular flexibility index (Phi) is 53.2. The van der Waals surface area contributed by atoms with Crippen molar-refractivity contribution in [3.05, 3.63) is 12.2 Å². The predicted molar refractivity (Wildman–Crippen MR) is 312 cm³/mol. The largest absolute Gasteiger partial charge is 0.756 e. The average molecular weight is 1050 g/mol. The zero-order valence-corrected chi connectivity index (χ0v) is 50.5. The molecular formula is C63H125N2O7P. The van der Waals surface area contributed by atoms with Crippen LogP contribution in [0.5, 0.6) is 0 Å². The SMILES string of the molecule is CCCCCCCCCCCCC/C=C/C(OC(=O)CCCCCCCCCCCCCCCCCCCCC)C(COP(=O)([O-])OCC[N+](C)(C)C)NC(=O)CCCCCCCCCCCCCCCCC. The summed E-state index contributed by atoms with van der Waals surface area (Å²) in [7, 11) is 1.21. The highest BCUT2D eigenvalue weighted by Crippen LogP contribution is 2.38. The maximum atomic E-state index is 13.5. The Bertz CT molecular complexity index is 1260. The molecule has 1 N–H and O–H groups in total. The number of ether oxygens (including phenoxy) is 1. The van der Waals surface area contributed by atoms with Gasteiger partial charge in [0, 0.05) is 12.8 Å². The minimum absolute atomic E-state index is 0.0167. The van der Waals surface area contributed by atoms with Crippen molar-refractivity contribution in [1.29, 1.82) is 0 Å². The van der Waals surface area contributed by atoms with E-state index in [0.717, 1.165) is 57.8 Å². The molecule has 0 saturated carbocycles. The Morgan fingerprint density at radius 2 is 0.781 bits per heavy atom.